The molecule has 0 fully saturated rings. The number of fused-ring (bicyclic) bond motifs is 1. The highest BCUT2D eigenvalue weighted by atomic mass is 19.4. The van der Waals surface area contributed by atoms with Gasteiger partial charge >= 0.3 is 6.18 Å². The van der Waals surface area contributed by atoms with Crippen LogP contribution in [0, 0.1) is 13.8 Å². The number of rotatable bonds is 4. The first kappa shape index (κ1) is 14.9. The highest BCUT2D eigenvalue weighted by Gasteiger charge is 2.32. The Kier molecular flexibility index (Phi) is 4.11. The number of nitrogens with one attached hydrogen (secondary N) is 1. The molecule has 0 saturated carbocycles. The first-order chi connectivity index (χ1) is 9.29. The zero-order chi connectivity index (χ0) is 14.9. The lowest BCUT2D eigenvalue weighted by Crippen LogP contribution is -2.26. The van der Waals surface area contributed by atoms with Crippen molar-refractivity contribution in [1.29, 1.82) is 0 Å². The van der Waals surface area contributed by atoms with E-state index in [-0.39, 0.29) is 0 Å². The van der Waals surface area contributed by atoms with Gasteiger partial charge in [-0.1, -0.05) is 18.7 Å². The number of hydrogen-bond acceptors (Lipinski definition) is 1. The lowest BCUT2D eigenvalue weighted by Gasteiger charge is -2.16. The summed E-state index contributed by atoms with van der Waals surface area (Å²) in [5.74, 6) is 0.359. The maximum Gasteiger partial charge on any atom is 0.430 e. The fourth-order valence-electron chi connectivity index (χ4n) is 2.78. The van der Waals surface area contributed by atoms with Gasteiger partial charge in [0.05, 0.1) is 0 Å². The molecular weight excluding hydrogens is 263 g/mol. The third-order valence-corrected chi connectivity index (χ3v) is 4.13. The van der Waals surface area contributed by atoms with Crippen LogP contribution in [0.1, 0.15) is 41.0 Å². The van der Waals surface area contributed by atoms with Crippen LogP contribution in [0.2, 0.25) is 0 Å². The van der Waals surface area contributed by atoms with E-state index < -0.39 is 11.9 Å². The van der Waals surface area contributed by atoms with Crippen LogP contribution in [0.15, 0.2) is 24.4 Å². The Hall–Kier alpha value is -1.45. The van der Waals surface area contributed by atoms with Crippen molar-refractivity contribution < 1.29 is 13.2 Å². The summed E-state index contributed by atoms with van der Waals surface area (Å²) >= 11 is 0. The summed E-state index contributed by atoms with van der Waals surface area (Å²) in [5.41, 5.74) is 4.35. The number of alkyl halides is 3. The summed E-state index contributed by atoms with van der Waals surface area (Å²) in [6.45, 7) is 7.51. The number of halogens is 3. The summed E-state index contributed by atoms with van der Waals surface area (Å²) in [6, 6.07) is 4.41. The van der Waals surface area contributed by atoms with Crippen molar-refractivity contribution in [2.24, 2.45) is 0 Å². The Morgan fingerprint density at radius 1 is 1.30 bits per heavy atom. The minimum absolute atomic E-state index is 0.315. The molecule has 1 nitrogen and oxygen atoms in total. The highest BCUT2D eigenvalue weighted by Crippen LogP contribution is 2.36. The van der Waals surface area contributed by atoms with E-state index in [1.807, 2.05) is 0 Å². The minimum atomic E-state index is -4.35. The van der Waals surface area contributed by atoms with E-state index in [1.54, 1.807) is 0 Å². The third kappa shape index (κ3) is 3.17. The van der Waals surface area contributed by atoms with E-state index >= 15 is 0 Å². The summed E-state index contributed by atoms with van der Waals surface area (Å²) in [5, 5.41) is 2.39. The molecule has 0 spiro atoms. The number of hydrogen-bond donors (Lipinski definition) is 1. The molecular formula is C16H20F3N. The molecule has 0 amide bonds. The predicted molar refractivity (Wildman–Crippen MR) is 74.8 cm³/mol. The van der Waals surface area contributed by atoms with Crippen LogP contribution in [0.25, 0.3) is 0 Å². The third-order valence-electron chi connectivity index (χ3n) is 4.13. The van der Waals surface area contributed by atoms with Crippen molar-refractivity contribution in [2.75, 3.05) is 6.54 Å². The van der Waals surface area contributed by atoms with Crippen molar-refractivity contribution in [3.63, 3.8) is 0 Å². The fourth-order valence-corrected chi connectivity index (χ4v) is 2.78. The van der Waals surface area contributed by atoms with Crippen LogP contribution < -0.4 is 5.32 Å². The van der Waals surface area contributed by atoms with Gasteiger partial charge in [0.2, 0.25) is 0 Å². The van der Waals surface area contributed by atoms with Crippen LogP contribution >= 0.6 is 0 Å². The van der Waals surface area contributed by atoms with E-state index in [0.717, 1.165) is 12.8 Å². The quantitative estimate of drug-likeness (QED) is 0.864. The molecule has 1 N–H and O–H groups in total. The number of benzene rings is 1. The van der Waals surface area contributed by atoms with Gasteiger partial charge in [0.25, 0.3) is 0 Å². The second-order valence-electron chi connectivity index (χ2n) is 5.56. The van der Waals surface area contributed by atoms with Gasteiger partial charge in [-0.2, -0.15) is 13.2 Å². The van der Waals surface area contributed by atoms with Gasteiger partial charge in [-0.25, -0.2) is 0 Å². The van der Waals surface area contributed by atoms with E-state index in [4.69, 9.17) is 0 Å². The summed E-state index contributed by atoms with van der Waals surface area (Å²) in [7, 11) is 0. The SMILES string of the molecule is C=C(NCCC1CCc2cc(C)c(C)cc21)C(F)(F)F. The molecule has 0 radical (unpaired) electrons. The summed E-state index contributed by atoms with van der Waals surface area (Å²) in [6.07, 6.45) is -1.58. The Morgan fingerprint density at radius 2 is 1.95 bits per heavy atom. The molecule has 110 valence electrons. The Balaban J connectivity index is 1.95. The fraction of sp³-hybridized carbons (Fsp3) is 0.500. The Bertz CT molecular complexity index is 517. The largest absolute Gasteiger partial charge is 0.430 e. The van der Waals surface area contributed by atoms with Crippen molar-refractivity contribution >= 4 is 0 Å². The molecule has 0 saturated heterocycles. The number of allylic oxidation sites excluding steroid dienone is 1. The molecule has 0 aromatic heterocycles. The van der Waals surface area contributed by atoms with Gasteiger partial charge in [0, 0.05) is 6.54 Å². The average Bonchev–Trinajstić information content (AvgIpc) is 2.71. The summed E-state index contributed by atoms with van der Waals surface area (Å²) < 4.78 is 37.0. The topological polar surface area (TPSA) is 12.0 Å². The monoisotopic (exact) mass is 283 g/mol. The maximum atomic E-state index is 12.3. The van der Waals surface area contributed by atoms with Gasteiger partial charge in [-0.15, -0.1) is 0 Å². The normalized spacial score (nSPS) is 17.9. The molecule has 1 aliphatic carbocycles. The molecule has 1 aromatic carbocycles. The van der Waals surface area contributed by atoms with Crippen molar-refractivity contribution in [1.82, 2.24) is 5.32 Å². The van der Waals surface area contributed by atoms with Gasteiger partial charge in [-0.05, 0) is 61.3 Å². The highest BCUT2D eigenvalue weighted by molar-refractivity contribution is 5.42. The van der Waals surface area contributed by atoms with Crippen molar-refractivity contribution in [2.45, 2.75) is 45.2 Å². The molecule has 0 bridgehead atoms. The second kappa shape index (κ2) is 5.51. The molecule has 1 atom stereocenters. The van der Waals surface area contributed by atoms with E-state index in [2.05, 4.69) is 37.9 Å². The molecule has 20 heavy (non-hydrogen) atoms. The van der Waals surface area contributed by atoms with Crippen LogP contribution in [0.5, 0.6) is 0 Å². The minimum Gasteiger partial charge on any atom is -0.382 e. The van der Waals surface area contributed by atoms with Gasteiger partial charge in [-0.3, -0.25) is 0 Å². The lowest BCUT2D eigenvalue weighted by molar-refractivity contribution is -0.0963. The number of aryl methyl sites for hydroxylation is 3. The zero-order valence-corrected chi connectivity index (χ0v) is 11.9. The lowest BCUT2D eigenvalue weighted by atomic mass is 9.94. The molecule has 1 aliphatic rings. The Labute approximate surface area is 117 Å². The molecule has 4 heteroatoms. The van der Waals surface area contributed by atoms with Crippen LogP contribution in [0.4, 0.5) is 13.2 Å². The molecule has 1 aromatic rings. The van der Waals surface area contributed by atoms with E-state index in [9.17, 15) is 13.2 Å². The van der Waals surface area contributed by atoms with Crippen molar-refractivity contribution in [3.05, 3.63) is 46.7 Å². The smallest absolute Gasteiger partial charge is 0.382 e. The molecule has 0 aliphatic heterocycles. The zero-order valence-electron chi connectivity index (χ0n) is 11.9. The van der Waals surface area contributed by atoms with Gasteiger partial charge in [0.15, 0.2) is 0 Å². The molecule has 1 unspecified atom stereocenters. The van der Waals surface area contributed by atoms with E-state index in [0.29, 0.717) is 18.9 Å². The standard InChI is InChI=1S/C16H20F3N/c1-10-8-14-5-4-13(15(14)9-11(10)2)6-7-20-12(3)16(17,18)19/h8-9,13,20H,3-7H2,1-2H3. The maximum absolute atomic E-state index is 12.3. The van der Waals surface area contributed by atoms with E-state index in [1.165, 1.54) is 22.3 Å². The van der Waals surface area contributed by atoms with Gasteiger partial charge < -0.3 is 5.32 Å². The molecule has 0 heterocycles. The summed E-state index contributed by atoms with van der Waals surface area (Å²) in [4.78, 5) is 0. The van der Waals surface area contributed by atoms with Gasteiger partial charge in [0.1, 0.15) is 5.70 Å². The van der Waals surface area contributed by atoms with Crippen molar-refractivity contribution in [3.8, 4) is 0 Å². The molecule has 2 rings (SSSR count). The first-order valence-corrected chi connectivity index (χ1v) is 6.89. The first-order valence-electron chi connectivity index (χ1n) is 6.89. The van der Waals surface area contributed by atoms with Crippen LogP contribution in [-0.2, 0) is 6.42 Å². The van der Waals surface area contributed by atoms with Crippen LogP contribution in [0.3, 0.4) is 0 Å². The Morgan fingerprint density at radius 3 is 2.60 bits per heavy atom. The van der Waals surface area contributed by atoms with Crippen LogP contribution in [-0.4, -0.2) is 12.7 Å². The predicted octanol–water partition coefficient (Wildman–Crippen LogP) is 4.39. The average molecular weight is 283 g/mol. The second-order valence-corrected chi connectivity index (χ2v) is 5.56.